The number of halogens is 3. The molecule has 0 bridgehead atoms. The minimum absolute atomic E-state index is 0.0650. The second kappa shape index (κ2) is 6.88. The summed E-state index contributed by atoms with van der Waals surface area (Å²) in [4.78, 5) is 23.0. The van der Waals surface area contributed by atoms with Crippen molar-refractivity contribution in [3.63, 3.8) is 0 Å². The van der Waals surface area contributed by atoms with Crippen molar-refractivity contribution in [2.24, 2.45) is 0 Å². The molecule has 28 heavy (non-hydrogen) atoms. The Morgan fingerprint density at radius 1 is 1.18 bits per heavy atom. The van der Waals surface area contributed by atoms with Crippen molar-refractivity contribution in [2.45, 2.75) is 38.9 Å². The summed E-state index contributed by atoms with van der Waals surface area (Å²) < 4.78 is 40.9. The number of piperidine rings is 1. The number of amides is 1. The monoisotopic (exact) mass is 408 g/mol. The summed E-state index contributed by atoms with van der Waals surface area (Å²) in [6.07, 6.45) is -2.93. The van der Waals surface area contributed by atoms with E-state index in [4.69, 9.17) is 0 Å². The molecule has 0 saturated carbocycles. The maximum atomic E-state index is 13.0. The maximum Gasteiger partial charge on any atom is 0.416 e. The zero-order valence-corrected chi connectivity index (χ0v) is 16.3. The Hall–Kier alpha value is -2.42. The van der Waals surface area contributed by atoms with Crippen LogP contribution in [-0.4, -0.2) is 38.4 Å². The first-order chi connectivity index (χ1) is 13.2. The maximum absolute atomic E-state index is 13.0. The van der Waals surface area contributed by atoms with Gasteiger partial charge in [-0.3, -0.25) is 4.79 Å². The van der Waals surface area contributed by atoms with Gasteiger partial charge in [-0.25, -0.2) is 9.97 Å². The largest absolute Gasteiger partial charge is 0.416 e. The van der Waals surface area contributed by atoms with E-state index in [1.165, 1.54) is 17.4 Å². The van der Waals surface area contributed by atoms with Crippen molar-refractivity contribution in [1.82, 2.24) is 19.4 Å². The number of hydrogen-bond acceptors (Lipinski definition) is 4. The number of carbonyl (C=O) groups is 1. The summed E-state index contributed by atoms with van der Waals surface area (Å²) in [6, 6.07) is 3.79. The SMILES string of the molecule is Cc1nc(C(=O)N2CCC(n3c(C)nc4cc(C(F)(F)F)ccc43)CC2)cs1. The van der Waals surface area contributed by atoms with E-state index in [0.29, 0.717) is 35.6 Å². The van der Waals surface area contributed by atoms with Gasteiger partial charge >= 0.3 is 6.18 Å². The molecule has 1 saturated heterocycles. The van der Waals surface area contributed by atoms with E-state index in [-0.39, 0.29) is 11.9 Å². The Kier molecular flexibility index (Phi) is 4.65. The zero-order valence-electron chi connectivity index (χ0n) is 15.5. The van der Waals surface area contributed by atoms with Gasteiger partial charge in [0, 0.05) is 24.5 Å². The third-order valence-electron chi connectivity index (χ3n) is 5.15. The number of alkyl halides is 3. The normalized spacial score (nSPS) is 16.1. The number of likely N-dealkylation sites (tertiary alicyclic amines) is 1. The Morgan fingerprint density at radius 3 is 2.50 bits per heavy atom. The lowest BCUT2D eigenvalue weighted by atomic mass is 10.0. The second-order valence-corrected chi connectivity index (χ2v) is 8.07. The summed E-state index contributed by atoms with van der Waals surface area (Å²) in [5.74, 6) is 0.624. The van der Waals surface area contributed by atoms with Gasteiger partial charge in [0.25, 0.3) is 5.91 Å². The third kappa shape index (κ3) is 3.39. The highest BCUT2D eigenvalue weighted by molar-refractivity contribution is 7.09. The fourth-order valence-corrected chi connectivity index (χ4v) is 4.39. The van der Waals surface area contributed by atoms with Crippen molar-refractivity contribution in [1.29, 1.82) is 0 Å². The number of aryl methyl sites for hydroxylation is 2. The molecule has 3 aromatic rings. The average molecular weight is 408 g/mol. The molecule has 1 fully saturated rings. The summed E-state index contributed by atoms with van der Waals surface area (Å²) in [7, 11) is 0. The van der Waals surface area contributed by atoms with Crippen molar-refractivity contribution in [3.8, 4) is 0 Å². The van der Waals surface area contributed by atoms with Crippen LogP contribution in [0, 0.1) is 13.8 Å². The van der Waals surface area contributed by atoms with Gasteiger partial charge in [0.05, 0.1) is 21.6 Å². The second-order valence-electron chi connectivity index (χ2n) is 7.01. The molecule has 0 atom stereocenters. The summed E-state index contributed by atoms with van der Waals surface area (Å²) in [5, 5.41) is 2.63. The summed E-state index contributed by atoms with van der Waals surface area (Å²) >= 11 is 1.45. The molecule has 1 amide bonds. The van der Waals surface area contributed by atoms with Crippen LogP contribution in [0.3, 0.4) is 0 Å². The van der Waals surface area contributed by atoms with Crippen molar-refractivity contribution < 1.29 is 18.0 Å². The lowest BCUT2D eigenvalue weighted by Gasteiger charge is -2.33. The van der Waals surface area contributed by atoms with Gasteiger partial charge in [0.15, 0.2) is 0 Å². The standard InChI is InChI=1S/C19H19F3N4OS/c1-11-23-15-9-13(19(20,21)22)3-4-17(15)26(11)14-5-7-25(8-6-14)18(27)16-10-28-12(2)24-16/h3-4,9-10,14H,5-8H2,1-2H3. The molecule has 0 spiro atoms. The van der Waals surface area contributed by atoms with Gasteiger partial charge in [-0.2, -0.15) is 13.2 Å². The molecule has 9 heteroatoms. The van der Waals surface area contributed by atoms with E-state index < -0.39 is 11.7 Å². The number of nitrogens with zero attached hydrogens (tertiary/aromatic N) is 4. The topological polar surface area (TPSA) is 51.0 Å². The minimum atomic E-state index is -4.38. The van der Waals surface area contributed by atoms with E-state index >= 15 is 0 Å². The highest BCUT2D eigenvalue weighted by atomic mass is 32.1. The molecule has 4 rings (SSSR count). The van der Waals surface area contributed by atoms with Crippen molar-refractivity contribution in [2.75, 3.05) is 13.1 Å². The molecule has 0 unspecified atom stereocenters. The number of rotatable bonds is 2. The number of thiazole rings is 1. The van der Waals surface area contributed by atoms with Gasteiger partial charge in [-0.05, 0) is 44.9 Å². The van der Waals surface area contributed by atoms with Crippen LogP contribution < -0.4 is 0 Å². The Morgan fingerprint density at radius 2 is 1.89 bits per heavy atom. The molecule has 1 aliphatic rings. The van der Waals surface area contributed by atoms with Crippen molar-refractivity contribution in [3.05, 3.63) is 45.7 Å². The highest BCUT2D eigenvalue weighted by Gasteiger charge is 2.32. The molecule has 3 heterocycles. The number of imidazole rings is 1. The number of fused-ring (bicyclic) bond motifs is 1. The molecule has 0 N–H and O–H groups in total. The molecular weight excluding hydrogens is 389 g/mol. The number of aromatic nitrogens is 3. The van der Waals surface area contributed by atoms with Crippen LogP contribution in [0.5, 0.6) is 0 Å². The van der Waals surface area contributed by atoms with Gasteiger partial charge in [0.2, 0.25) is 0 Å². The minimum Gasteiger partial charge on any atom is -0.337 e. The predicted molar refractivity (Wildman–Crippen MR) is 100 cm³/mol. The number of benzene rings is 1. The summed E-state index contributed by atoms with van der Waals surface area (Å²) in [5.41, 5.74) is 0.836. The van der Waals surface area contributed by atoms with Crippen LogP contribution in [0.1, 0.15) is 45.8 Å². The first-order valence-electron chi connectivity index (χ1n) is 9.01. The van der Waals surface area contributed by atoms with Crippen LogP contribution >= 0.6 is 11.3 Å². The molecule has 1 aromatic carbocycles. The van der Waals surface area contributed by atoms with E-state index in [1.807, 2.05) is 18.4 Å². The van der Waals surface area contributed by atoms with Crippen molar-refractivity contribution >= 4 is 28.3 Å². The van der Waals surface area contributed by atoms with Crippen LogP contribution in [0.15, 0.2) is 23.6 Å². The Balaban J connectivity index is 1.54. The Labute approximate surface area is 163 Å². The highest BCUT2D eigenvalue weighted by Crippen LogP contribution is 2.34. The number of carbonyl (C=O) groups excluding carboxylic acids is 1. The van der Waals surface area contributed by atoms with E-state index in [2.05, 4.69) is 9.97 Å². The van der Waals surface area contributed by atoms with Gasteiger partial charge in [0.1, 0.15) is 11.5 Å². The lowest BCUT2D eigenvalue weighted by Crippen LogP contribution is -2.39. The van der Waals surface area contributed by atoms with Gasteiger partial charge < -0.3 is 9.47 Å². The quantitative estimate of drug-likeness (QED) is 0.622. The molecule has 0 aliphatic carbocycles. The lowest BCUT2D eigenvalue weighted by molar-refractivity contribution is -0.137. The van der Waals surface area contributed by atoms with Gasteiger partial charge in [-0.1, -0.05) is 0 Å². The average Bonchev–Trinajstić information content (AvgIpc) is 3.22. The molecule has 148 valence electrons. The smallest absolute Gasteiger partial charge is 0.337 e. The fourth-order valence-electron chi connectivity index (χ4n) is 3.81. The van der Waals surface area contributed by atoms with E-state index in [1.54, 1.807) is 10.3 Å². The van der Waals surface area contributed by atoms with Gasteiger partial charge in [-0.15, -0.1) is 11.3 Å². The van der Waals surface area contributed by atoms with Crippen LogP contribution in [0.2, 0.25) is 0 Å². The molecule has 5 nitrogen and oxygen atoms in total. The third-order valence-corrected chi connectivity index (χ3v) is 5.92. The molecular formula is C19H19F3N4OS. The van der Waals surface area contributed by atoms with E-state index in [0.717, 1.165) is 30.0 Å². The summed E-state index contributed by atoms with van der Waals surface area (Å²) in [6.45, 7) is 4.84. The van der Waals surface area contributed by atoms with Crippen LogP contribution in [-0.2, 0) is 6.18 Å². The van der Waals surface area contributed by atoms with E-state index in [9.17, 15) is 18.0 Å². The first-order valence-corrected chi connectivity index (χ1v) is 9.89. The molecule has 2 aromatic heterocycles. The zero-order chi connectivity index (χ0) is 20.1. The molecule has 0 radical (unpaired) electrons. The predicted octanol–water partition coefficient (Wildman–Crippen LogP) is 4.61. The molecule has 1 aliphatic heterocycles. The van der Waals surface area contributed by atoms with Crippen LogP contribution in [0.4, 0.5) is 13.2 Å². The fraction of sp³-hybridized carbons (Fsp3) is 0.421. The van der Waals surface area contributed by atoms with Crippen LogP contribution in [0.25, 0.3) is 11.0 Å². The number of hydrogen-bond donors (Lipinski definition) is 0. The Bertz CT molecular complexity index is 1030. The first kappa shape index (κ1) is 18.9.